The largest absolute Gasteiger partial charge is 0.339 e. The van der Waals surface area contributed by atoms with Gasteiger partial charge in [-0.3, -0.25) is 15.2 Å². The summed E-state index contributed by atoms with van der Waals surface area (Å²) in [6.45, 7) is 0. The van der Waals surface area contributed by atoms with Crippen LogP contribution >= 0.6 is 11.6 Å². The average Bonchev–Trinajstić information content (AvgIpc) is 2.76. The number of aromatic nitrogens is 2. The number of H-pyrrole nitrogens is 1. The Bertz CT molecular complexity index is 621. The summed E-state index contributed by atoms with van der Waals surface area (Å²) in [6.07, 6.45) is 1.12. The van der Waals surface area contributed by atoms with E-state index < -0.39 is 4.92 Å². The van der Waals surface area contributed by atoms with Gasteiger partial charge in [0.25, 0.3) is 0 Å². The van der Waals surface area contributed by atoms with Gasteiger partial charge in [0.05, 0.1) is 11.1 Å². The van der Waals surface area contributed by atoms with Gasteiger partial charge in [-0.2, -0.15) is 5.10 Å². The van der Waals surface area contributed by atoms with Crippen LogP contribution in [0.5, 0.6) is 0 Å². The summed E-state index contributed by atoms with van der Waals surface area (Å²) >= 11 is 5.75. The number of hydrogen-bond acceptors (Lipinski definition) is 6. The fourth-order valence-corrected chi connectivity index (χ4v) is 1.58. The van der Waals surface area contributed by atoms with Crippen LogP contribution in [0.4, 0.5) is 17.2 Å². The molecule has 2 aromatic rings. The van der Waals surface area contributed by atoms with Crippen LogP contribution in [0.25, 0.3) is 0 Å². The van der Waals surface area contributed by atoms with E-state index in [0.29, 0.717) is 10.7 Å². The molecule has 0 bridgehead atoms. The molecule has 1 aromatic heterocycles. The lowest BCUT2D eigenvalue weighted by atomic mass is 10.3. The molecule has 0 aliphatic heterocycles. The van der Waals surface area contributed by atoms with Crippen LogP contribution in [0.1, 0.15) is 5.69 Å². The maximum absolute atomic E-state index is 11.0. The van der Waals surface area contributed by atoms with Gasteiger partial charge in [-0.05, 0) is 24.3 Å². The first-order valence-corrected chi connectivity index (χ1v) is 5.48. The highest BCUT2D eigenvalue weighted by atomic mass is 35.5. The van der Waals surface area contributed by atoms with Crippen molar-refractivity contribution in [1.82, 2.24) is 10.2 Å². The number of nitrogens with one attached hydrogen (secondary N) is 2. The zero-order chi connectivity index (χ0) is 13.8. The third-order valence-corrected chi connectivity index (χ3v) is 2.51. The second-order valence-corrected chi connectivity index (χ2v) is 3.94. The van der Waals surface area contributed by atoms with Gasteiger partial charge >= 0.3 is 5.69 Å². The zero-order valence-electron chi connectivity index (χ0n) is 9.50. The second kappa shape index (κ2) is 5.36. The Morgan fingerprint density at radius 3 is 2.74 bits per heavy atom. The minimum Gasteiger partial charge on any atom is -0.333 e. The van der Waals surface area contributed by atoms with E-state index in [9.17, 15) is 10.1 Å². The zero-order valence-corrected chi connectivity index (χ0v) is 10.3. The molecule has 0 fully saturated rings. The Labute approximate surface area is 112 Å². The topological polar surface area (TPSA) is 122 Å². The minimum atomic E-state index is -0.571. The highest BCUT2D eigenvalue weighted by Crippen LogP contribution is 2.28. The number of halogens is 1. The fourth-order valence-electron chi connectivity index (χ4n) is 1.46. The normalized spacial score (nSPS) is 10.8. The molecule has 1 aromatic carbocycles. The maximum atomic E-state index is 11.0. The molecular formula is C10H9ClN6O2. The lowest BCUT2D eigenvalue weighted by Gasteiger charge is -2.02. The molecule has 0 atom stereocenters. The molecule has 8 nitrogen and oxygen atoms in total. The molecule has 0 aliphatic carbocycles. The Kier molecular flexibility index (Phi) is 3.62. The molecule has 98 valence electrons. The molecule has 19 heavy (non-hydrogen) atoms. The van der Waals surface area contributed by atoms with Gasteiger partial charge in [0, 0.05) is 10.7 Å². The van der Waals surface area contributed by atoms with Crippen molar-refractivity contribution in [3.8, 4) is 0 Å². The Balaban J connectivity index is 2.34. The van der Waals surface area contributed by atoms with Crippen LogP contribution in [0.3, 0.4) is 0 Å². The molecule has 0 amide bonds. The van der Waals surface area contributed by atoms with Crippen molar-refractivity contribution in [2.45, 2.75) is 0 Å². The molecule has 9 heteroatoms. The van der Waals surface area contributed by atoms with E-state index in [0.717, 1.165) is 6.21 Å². The van der Waals surface area contributed by atoms with Gasteiger partial charge in [-0.15, -0.1) is 5.10 Å². The van der Waals surface area contributed by atoms with Crippen molar-refractivity contribution < 1.29 is 4.92 Å². The molecule has 0 saturated heterocycles. The van der Waals surface area contributed by atoms with Crippen molar-refractivity contribution >= 4 is 35.0 Å². The summed E-state index contributed by atoms with van der Waals surface area (Å²) < 4.78 is 0. The number of anilines is 2. The molecule has 1 heterocycles. The second-order valence-electron chi connectivity index (χ2n) is 3.50. The molecule has 0 saturated carbocycles. The molecule has 0 spiro atoms. The Morgan fingerprint density at radius 2 is 2.16 bits per heavy atom. The lowest BCUT2D eigenvalue weighted by Crippen LogP contribution is -1.98. The lowest BCUT2D eigenvalue weighted by molar-refractivity contribution is -0.384. The van der Waals surface area contributed by atoms with Gasteiger partial charge in [0.2, 0.25) is 5.82 Å². The number of benzene rings is 1. The van der Waals surface area contributed by atoms with Gasteiger partial charge in [0.15, 0.2) is 5.69 Å². The summed E-state index contributed by atoms with van der Waals surface area (Å²) in [7, 11) is 0. The van der Waals surface area contributed by atoms with Crippen LogP contribution in [0.15, 0.2) is 29.4 Å². The van der Waals surface area contributed by atoms with Crippen LogP contribution in [-0.2, 0) is 0 Å². The van der Waals surface area contributed by atoms with Crippen LogP contribution in [0.2, 0.25) is 5.02 Å². The third kappa shape index (κ3) is 2.80. The summed E-state index contributed by atoms with van der Waals surface area (Å²) in [5.41, 5.74) is 0.503. The minimum absolute atomic E-state index is 0.0715. The number of nitrogens with zero attached hydrogens (tertiary/aromatic N) is 3. The van der Waals surface area contributed by atoms with Crippen LogP contribution in [0, 0.1) is 10.1 Å². The fraction of sp³-hybridized carbons (Fsp3) is 0. The molecule has 4 N–H and O–H groups in total. The van der Waals surface area contributed by atoms with E-state index in [1.165, 1.54) is 0 Å². The number of nitro groups is 1. The van der Waals surface area contributed by atoms with Crippen molar-refractivity contribution in [2.24, 2.45) is 10.9 Å². The van der Waals surface area contributed by atoms with Gasteiger partial charge in [-0.25, -0.2) is 0 Å². The number of aromatic amines is 1. The van der Waals surface area contributed by atoms with E-state index >= 15 is 0 Å². The van der Waals surface area contributed by atoms with Crippen molar-refractivity contribution in [3.05, 3.63) is 45.1 Å². The number of hydrogen-bond donors (Lipinski definition) is 3. The van der Waals surface area contributed by atoms with Gasteiger partial charge < -0.3 is 11.2 Å². The molecule has 0 radical (unpaired) electrons. The quantitative estimate of drug-likeness (QED) is 0.342. The van der Waals surface area contributed by atoms with E-state index in [1.807, 2.05) is 0 Å². The van der Waals surface area contributed by atoms with Crippen LogP contribution in [-0.4, -0.2) is 21.3 Å². The molecule has 0 unspecified atom stereocenters. The smallest absolute Gasteiger partial charge is 0.333 e. The number of rotatable bonds is 4. The van der Waals surface area contributed by atoms with Gasteiger partial charge in [0.1, 0.15) is 0 Å². The standard InChI is InChI=1S/C10H9ClN6O2/c11-6-1-3-7(4-2-6)14-10-9(17(18)19)8(5-13-12)15-16-10/h1-5H,12H2,(H2,14,15,16)/b13-5-. The molecule has 0 aliphatic rings. The molecular weight excluding hydrogens is 272 g/mol. The van der Waals surface area contributed by atoms with E-state index in [1.54, 1.807) is 24.3 Å². The summed E-state index contributed by atoms with van der Waals surface area (Å²) in [5.74, 6) is 5.04. The van der Waals surface area contributed by atoms with Gasteiger partial charge in [-0.1, -0.05) is 11.6 Å². The Hall–Kier alpha value is -2.61. The van der Waals surface area contributed by atoms with Crippen molar-refractivity contribution in [3.63, 3.8) is 0 Å². The summed E-state index contributed by atoms with van der Waals surface area (Å²) in [6, 6.07) is 6.67. The third-order valence-electron chi connectivity index (χ3n) is 2.26. The van der Waals surface area contributed by atoms with Crippen molar-refractivity contribution in [1.29, 1.82) is 0 Å². The highest BCUT2D eigenvalue weighted by molar-refractivity contribution is 6.30. The predicted molar refractivity (Wildman–Crippen MR) is 71.8 cm³/mol. The van der Waals surface area contributed by atoms with E-state index in [-0.39, 0.29) is 17.2 Å². The SMILES string of the molecule is N/N=C\c1[nH]nc(Nc2ccc(Cl)cc2)c1[N+](=O)[O-]. The first-order chi connectivity index (χ1) is 9.11. The van der Waals surface area contributed by atoms with E-state index in [4.69, 9.17) is 17.4 Å². The van der Waals surface area contributed by atoms with Crippen molar-refractivity contribution in [2.75, 3.05) is 5.32 Å². The Morgan fingerprint density at radius 1 is 1.47 bits per heavy atom. The van der Waals surface area contributed by atoms with E-state index in [2.05, 4.69) is 20.6 Å². The summed E-state index contributed by atoms with van der Waals surface area (Å²) in [5, 5.41) is 23.9. The first kappa shape index (κ1) is 12.8. The monoisotopic (exact) mass is 280 g/mol. The number of hydrazone groups is 1. The predicted octanol–water partition coefficient (Wildman–Crippen LogP) is 2.01. The summed E-state index contributed by atoms with van der Waals surface area (Å²) in [4.78, 5) is 10.4. The highest BCUT2D eigenvalue weighted by Gasteiger charge is 2.23. The number of nitrogens with two attached hydrogens (primary N) is 1. The average molecular weight is 281 g/mol. The molecule has 2 rings (SSSR count). The maximum Gasteiger partial charge on any atom is 0.339 e. The first-order valence-electron chi connectivity index (χ1n) is 5.10. The van der Waals surface area contributed by atoms with Crippen LogP contribution < -0.4 is 11.2 Å².